The number of rotatable bonds is 2. The minimum Gasteiger partial charge on any atom is -0.492 e. The van der Waals surface area contributed by atoms with Crippen molar-refractivity contribution in [3.8, 4) is 5.75 Å². The molecular weight excluding hydrogens is 336 g/mol. The molecule has 1 nitrogen and oxygen atoms in total. The first-order chi connectivity index (χ1) is 10.3. The van der Waals surface area contributed by atoms with E-state index in [1.54, 1.807) is 0 Å². The zero-order chi connectivity index (χ0) is 16.1. The zero-order valence-corrected chi connectivity index (χ0v) is 15.5. The van der Waals surface area contributed by atoms with Crippen LogP contribution in [-0.4, -0.2) is 6.61 Å². The topological polar surface area (TPSA) is 9.23 Å². The van der Waals surface area contributed by atoms with Gasteiger partial charge in [0.15, 0.2) is 0 Å². The van der Waals surface area contributed by atoms with E-state index in [4.69, 9.17) is 4.74 Å². The Hall–Kier alpha value is -1.28. The fourth-order valence-corrected chi connectivity index (χ4v) is 3.74. The van der Waals surface area contributed by atoms with Crippen LogP contribution in [0.25, 0.3) is 0 Å². The standard InChI is InChI=1S/C20H23BrO/c1-12(2)15-6-8-16(9-7-15)20(5)11-22-19-14(4)13(3)18(21)10-17(19)20/h6-10,12H,11H2,1-5H3. The second kappa shape index (κ2) is 5.42. The van der Waals surface area contributed by atoms with Gasteiger partial charge in [-0.1, -0.05) is 54.0 Å². The molecule has 0 amide bonds. The first-order valence-electron chi connectivity index (χ1n) is 7.88. The highest BCUT2D eigenvalue weighted by molar-refractivity contribution is 9.10. The molecule has 0 spiro atoms. The third-order valence-corrected chi connectivity index (χ3v) is 5.91. The molecule has 2 aromatic rings. The van der Waals surface area contributed by atoms with Crippen molar-refractivity contribution in [1.29, 1.82) is 0 Å². The van der Waals surface area contributed by atoms with Crippen LogP contribution in [0.4, 0.5) is 0 Å². The van der Waals surface area contributed by atoms with Gasteiger partial charge in [-0.2, -0.15) is 0 Å². The normalized spacial score (nSPS) is 20.1. The average Bonchev–Trinajstić information content (AvgIpc) is 2.84. The summed E-state index contributed by atoms with van der Waals surface area (Å²) in [6.45, 7) is 11.7. The zero-order valence-electron chi connectivity index (χ0n) is 14.0. The Kier molecular flexibility index (Phi) is 3.84. The van der Waals surface area contributed by atoms with Crippen LogP contribution in [0.15, 0.2) is 34.8 Å². The third-order valence-electron chi connectivity index (χ3n) is 5.09. The van der Waals surface area contributed by atoms with Gasteiger partial charge in [0.25, 0.3) is 0 Å². The summed E-state index contributed by atoms with van der Waals surface area (Å²) in [5.74, 6) is 1.63. The second-order valence-corrected chi connectivity index (χ2v) is 7.74. The number of benzene rings is 2. The summed E-state index contributed by atoms with van der Waals surface area (Å²) in [6, 6.07) is 11.3. The van der Waals surface area contributed by atoms with Crippen LogP contribution in [0.1, 0.15) is 54.5 Å². The molecule has 0 saturated heterocycles. The van der Waals surface area contributed by atoms with E-state index in [1.807, 2.05) is 0 Å². The minimum absolute atomic E-state index is 0.0776. The van der Waals surface area contributed by atoms with E-state index < -0.39 is 0 Å². The highest BCUT2D eigenvalue weighted by Crippen LogP contribution is 2.47. The van der Waals surface area contributed by atoms with Gasteiger partial charge in [-0.3, -0.25) is 0 Å². The Morgan fingerprint density at radius 2 is 1.73 bits per heavy atom. The summed E-state index contributed by atoms with van der Waals surface area (Å²) in [5, 5.41) is 0. The van der Waals surface area contributed by atoms with Crippen LogP contribution in [-0.2, 0) is 5.41 Å². The van der Waals surface area contributed by atoms with E-state index in [0.29, 0.717) is 12.5 Å². The summed E-state index contributed by atoms with van der Waals surface area (Å²) in [4.78, 5) is 0. The van der Waals surface area contributed by atoms with Gasteiger partial charge in [-0.05, 0) is 55.0 Å². The summed E-state index contributed by atoms with van der Waals surface area (Å²) >= 11 is 3.70. The van der Waals surface area contributed by atoms with Gasteiger partial charge in [0.2, 0.25) is 0 Å². The van der Waals surface area contributed by atoms with Crippen molar-refractivity contribution in [2.45, 2.75) is 46.0 Å². The molecule has 2 aromatic carbocycles. The Balaban J connectivity index is 2.10. The Morgan fingerprint density at radius 1 is 1.09 bits per heavy atom. The van der Waals surface area contributed by atoms with E-state index >= 15 is 0 Å². The molecule has 0 aromatic heterocycles. The fraction of sp³-hybridized carbons (Fsp3) is 0.400. The summed E-state index contributed by atoms with van der Waals surface area (Å²) in [7, 11) is 0. The predicted molar refractivity (Wildman–Crippen MR) is 96.1 cm³/mol. The van der Waals surface area contributed by atoms with Gasteiger partial charge in [0.05, 0.1) is 5.41 Å². The molecule has 1 aliphatic rings. The van der Waals surface area contributed by atoms with Gasteiger partial charge < -0.3 is 4.74 Å². The summed E-state index contributed by atoms with van der Waals surface area (Å²) in [6.07, 6.45) is 0. The molecule has 116 valence electrons. The SMILES string of the molecule is Cc1c(Br)cc2c(c1C)OCC2(C)c1ccc(C(C)C)cc1. The predicted octanol–water partition coefficient (Wildman–Crippen LogP) is 5.89. The lowest BCUT2D eigenvalue weighted by Crippen LogP contribution is -2.25. The van der Waals surface area contributed by atoms with Gasteiger partial charge >= 0.3 is 0 Å². The second-order valence-electron chi connectivity index (χ2n) is 6.88. The van der Waals surface area contributed by atoms with E-state index in [9.17, 15) is 0 Å². The number of fused-ring (bicyclic) bond motifs is 1. The lowest BCUT2D eigenvalue weighted by molar-refractivity contribution is 0.301. The van der Waals surface area contributed by atoms with Crippen molar-refractivity contribution in [2.24, 2.45) is 0 Å². The van der Waals surface area contributed by atoms with Gasteiger partial charge in [0, 0.05) is 10.0 Å². The van der Waals surface area contributed by atoms with Gasteiger partial charge in [-0.15, -0.1) is 0 Å². The van der Waals surface area contributed by atoms with E-state index in [2.05, 4.69) is 80.9 Å². The van der Waals surface area contributed by atoms with Gasteiger partial charge in [-0.25, -0.2) is 0 Å². The summed E-state index contributed by atoms with van der Waals surface area (Å²) < 4.78 is 7.26. The molecule has 22 heavy (non-hydrogen) atoms. The van der Waals surface area contributed by atoms with Crippen molar-refractivity contribution >= 4 is 15.9 Å². The van der Waals surface area contributed by atoms with Crippen molar-refractivity contribution in [3.05, 3.63) is 62.6 Å². The van der Waals surface area contributed by atoms with E-state index in [-0.39, 0.29) is 5.41 Å². The molecule has 2 heteroatoms. The fourth-order valence-electron chi connectivity index (χ4n) is 3.22. The molecule has 0 fully saturated rings. The molecule has 0 N–H and O–H groups in total. The highest BCUT2D eigenvalue weighted by Gasteiger charge is 2.39. The maximum absolute atomic E-state index is 6.09. The maximum atomic E-state index is 6.09. The van der Waals surface area contributed by atoms with Crippen LogP contribution in [0.5, 0.6) is 5.75 Å². The van der Waals surface area contributed by atoms with Crippen molar-refractivity contribution in [2.75, 3.05) is 6.61 Å². The first kappa shape index (κ1) is 15.6. The monoisotopic (exact) mass is 358 g/mol. The Labute approximate surface area is 141 Å². The largest absolute Gasteiger partial charge is 0.492 e. The van der Waals surface area contributed by atoms with Crippen LogP contribution < -0.4 is 4.74 Å². The van der Waals surface area contributed by atoms with Crippen LogP contribution in [0.2, 0.25) is 0 Å². The lowest BCUT2D eigenvalue weighted by atomic mass is 9.77. The number of ether oxygens (including phenoxy) is 1. The maximum Gasteiger partial charge on any atom is 0.126 e. The van der Waals surface area contributed by atoms with E-state index in [0.717, 1.165) is 5.75 Å². The molecule has 1 heterocycles. The van der Waals surface area contributed by atoms with Crippen molar-refractivity contribution < 1.29 is 4.74 Å². The van der Waals surface area contributed by atoms with Crippen LogP contribution in [0, 0.1) is 13.8 Å². The van der Waals surface area contributed by atoms with E-state index in [1.165, 1.54) is 32.3 Å². The van der Waals surface area contributed by atoms with Crippen LogP contribution >= 0.6 is 15.9 Å². The quantitative estimate of drug-likeness (QED) is 0.650. The van der Waals surface area contributed by atoms with Crippen molar-refractivity contribution in [3.63, 3.8) is 0 Å². The van der Waals surface area contributed by atoms with Gasteiger partial charge in [0.1, 0.15) is 12.4 Å². The molecular formula is C20H23BrO. The molecule has 0 saturated carbocycles. The molecule has 0 aliphatic carbocycles. The molecule has 1 atom stereocenters. The highest BCUT2D eigenvalue weighted by atomic mass is 79.9. The molecule has 3 rings (SSSR count). The molecule has 1 unspecified atom stereocenters. The Bertz CT molecular complexity index is 715. The molecule has 0 radical (unpaired) electrons. The van der Waals surface area contributed by atoms with Crippen molar-refractivity contribution in [1.82, 2.24) is 0 Å². The minimum atomic E-state index is -0.0776. The Morgan fingerprint density at radius 3 is 2.32 bits per heavy atom. The number of hydrogen-bond donors (Lipinski definition) is 0. The summed E-state index contributed by atoms with van der Waals surface area (Å²) in [5.41, 5.74) is 6.43. The third kappa shape index (κ3) is 2.28. The van der Waals surface area contributed by atoms with Crippen LogP contribution in [0.3, 0.4) is 0 Å². The average molecular weight is 359 g/mol. The first-order valence-corrected chi connectivity index (χ1v) is 8.67. The lowest BCUT2D eigenvalue weighted by Gasteiger charge is -2.24. The molecule has 0 bridgehead atoms. The smallest absolute Gasteiger partial charge is 0.126 e. The molecule has 1 aliphatic heterocycles. The number of halogens is 1. The number of hydrogen-bond acceptors (Lipinski definition) is 1.